The van der Waals surface area contributed by atoms with Gasteiger partial charge in [-0.3, -0.25) is 9.36 Å². The SMILES string of the molecule is O=c1c2sc3ncnc(NC4CC4)c3c2ncn1-c1ccc(O)cc1. The Bertz CT molecular complexity index is 1160. The molecule has 0 spiro atoms. The van der Waals surface area contributed by atoms with Gasteiger partial charge in [0, 0.05) is 6.04 Å². The molecule has 5 rings (SSSR count). The Hall–Kier alpha value is -3.00. The molecule has 0 aliphatic heterocycles. The Morgan fingerprint density at radius 2 is 1.96 bits per heavy atom. The molecule has 0 unspecified atom stereocenters. The summed E-state index contributed by atoms with van der Waals surface area (Å²) < 4.78 is 2.02. The summed E-state index contributed by atoms with van der Waals surface area (Å²) in [6.07, 6.45) is 5.29. The van der Waals surface area contributed by atoms with Crippen molar-refractivity contribution in [1.82, 2.24) is 19.5 Å². The van der Waals surface area contributed by atoms with E-state index in [0.29, 0.717) is 21.9 Å². The van der Waals surface area contributed by atoms with E-state index in [-0.39, 0.29) is 11.3 Å². The predicted octanol–water partition coefficient (Wildman–Crippen LogP) is 2.67. The monoisotopic (exact) mass is 351 g/mol. The number of nitrogens with one attached hydrogen (secondary N) is 1. The Morgan fingerprint density at radius 1 is 1.16 bits per heavy atom. The van der Waals surface area contributed by atoms with E-state index >= 15 is 0 Å². The highest BCUT2D eigenvalue weighted by atomic mass is 32.1. The maximum absolute atomic E-state index is 12.9. The van der Waals surface area contributed by atoms with Crippen molar-refractivity contribution in [2.45, 2.75) is 18.9 Å². The molecule has 1 aromatic carbocycles. The highest BCUT2D eigenvalue weighted by Gasteiger charge is 2.24. The number of thiophene rings is 1. The quantitative estimate of drug-likeness (QED) is 0.589. The molecule has 1 fully saturated rings. The minimum Gasteiger partial charge on any atom is -0.508 e. The van der Waals surface area contributed by atoms with Gasteiger partial charge in [-0.25, -0.2) is 15.0 Å². The first-order valence-corrected chi connectivity index (χ1v) is 8.73. The zero-order valence-electron chi connectivity index (χ0n) is 13.0. The number of aromatic hydroxyl groups is 1. The number of phenolic OH excluding ortho intramolecular Hbond substituents is 1. The van der Waals surface area contributed by atoms with Gasteiger partial charge in [-0.05, 0) is 37.1 Å². The van der Waals surface area contributed by atoms with Crippen molar-refractivity contribution in [2.75, 3.05) is 5.32 Å². The van der Waals surface area contributed by atoms with Crippen molar-refractivity contribution in [1.29, 1.82) is 0 Å². The van der Waals surface area contributed by atoms with Crippen LogP contribution in [0, 0.1) is 0 Å². The number of hydrogen-bond acceptors (Lipinski definition) is 7. The van der Waals surface area contributed by atoms with Crippen LogP contribution < -0.4 is 10.9 Å². The van der Waals surface area contributed by atoms with Crippen molar-refractivity contribution < 1.29 is 5.11 Å². The van der Waals surface area contributed by atoms with Crippen molar-refractivity contribution in [3.63, 3.8) is 0 Å². The topological polar surface area (TPSA) is 92.9 Å². The fourth-order valence-electron chi connectivity index (χ4n) is 2.79. The summed E-state index contributed by atoms with van der Waals surface area (Å²) >= 11 is 1.33. The Labute approximate surface area is 145 Å². The minimum absolute atomic E-state index is 0.152. The minimum atomic E-state index is -0.156. The summed E-state index contributed by atoms with van der Waals surface area (Å²) in [6, 6.07) is 6.89. The van der Waals surface area contributed by atoms with E-state index in [2.05, 4.69) is 20.3 Å². The van der Waals surface area contributed by atoms with Crippen LogP contribution in [-0.4, -0.2) is 30.7 Å². The van der Waals surface area contributed by atoms with Crippen LogP contribution in [0.5, 0.6) is 5.75 Å². The maximum Gasteiger partial charge on any atom is 0.275 e. The molecule has 0 amide bonds. The molecule has 2 N–H and O–H groups in total. The molecule has 8 heteroatoms. The van der Waals surface area contributed by atoms with Crippen LogP contribution in [0.1, 0.15) is 12.8 Å². The van der Waals surface area contributed by atoms with Gasteiger partial charge in [-0.1, -0.05) is 0 Å². The second-order valence-electron chi connectivity index (χ2n) is 6.04. The molecule has 4 aromatic rings. The van der Waals surface area contributed by atoms with E-state index in [1.165, 1.54) is 28.6 Å². The van der Waals surface area contributed by atoms with Gasteiger partial charge >= 0.3 is 0 Å². The zero-order valence-corrected chi connectivity index (χ0v) is 13.8. The van der Waals surface area contributed by atoms with Gasteiger partial charge in [-0.15, -0.1) is 11.3 Å². The molecule has 25 heavy (non-hydrogen) atoms. The summed E-state index contributed by atoms with van der Waals surface area (Å²) in [5, 5.41) is 13.6. The highest BCUT2D eigenvalue weighted by Crippen LogP contribution is 2.35. The fourth-order valence-corrected chi connectivity index (χ4v) is 3.82. The molecule has 3 heterocycles. The fraction of sp³-hybridized carbons (Fsp3) is 0.176. The van der Waals surface area contributed by atoms with Crippen molar-refractivity contribution >= 4 is 37.6 Å². The third-order valence-electron chi connectivity index (χ3n) is 4.22. The summed E-state index contributed by atoms with van der Waals surface area (Å²) in [4.78, 5) is 26.8. The van der Waals surface area contributed by atoms with Crippen molar-refractivity contribution in [2.24, 2.45) is 0 Å². The van der Waals surface area contributed by atoms with Crippen LogP contribution >= 0.6 is 11.3 Å². The second kappa shape index (κ2) is 5.25. The summed E-state index contributed by atoms with van der Waals surface area (Å²) in [7, 11) is 0. The maximum atomic E-state index is 12.9. The first-order valence-electron chi connectivity index (χ1n) is 7.91. The standard InChI is InChI=1S/C17H13N5O2S/c23-11-5-3-10(4-6-11)22-8-20-13-12-15(21-9-1-2-9)18-7-19-16(12)25-14(13)17(22)24/h3-9,23H,1-2H2,(H,18,19,21). The van der Waals surface area contributed by atoms with Gasteiger partial charge in [0.1, 0.15) is 39.3 Å². The normalized spacial score (nSPS) is 14.2. The van der Waals surface area contributed by atoms with Gasteiger partial charge in [0.15, 0.2) is 0 Å². The van der Waals surface area contributed by atoms with E-state index in [0.717, 1.165) is 28.9 Å². The van der Waals surface area contributed by atoms with Gasteiger partial charge < -0.3 is 10.4 Å². The average molecular weight is 351 g/mol. The largest absolute Gasteiger partial charge is 0.508 e. The van der Waals surface area contributed by atoms with E-state index in [4.69, 9.17) is 0 Å². The van der Waals surface area contributed by atoms with Crippen molar-refractivity contribution in [3.8, 4) is 11.4 Å². The number of hydrogen-bond donors (Lipinski definition) is 2. The second-order valence-corrected chi connectivity index (χ2v) is 7.04. The number of aromatic nitrogens is 4. The molecule has 0 atom stereocenters. The molecule has 1 aliphatic carbocycles. The molecular weight excluding hydrogens is 338 g/mol. The third-order valence-corrected chi connectivity index (χ3v) is 5.30. The molecule has 3 aromatic heterocycles. The number of nitrogens with zero attached hydrogens (tertiary/aromatic N) is 4. The van der Waals surface area contributed by atoms with Gasteiger partial charge in [0.05, 0.1) is 11.1 Å². The zero-order chi connectivity index (χ0) is 17.0. The molecule has 124 valence electrons. The smallest absolute Gasteiger partial charge is 0.275 e. The van der Waals surface area contributed by atoms with Gasteiger partial charge in [0.25, 0.3) is 5.56 Å². The lowest BCUT2D eigenvalue weighted by Crippen LogP contribution is -2.17. The Balaban J connectivity index is 1.74. The van der Waals surface area contributed by atoms with E-state index in [9.17, 15) is 9.90 Å². The molecule has 0 bridgehead atoms. The molecule has 1 saturated carbocycles. The number of anilines is 1. The van der Waals surface area contributed by atoms with Crippen LogP contribution in [0.2, 0.25) is 0 Å². The predicted molar refractivity (Wildman–Crippen MR) is 96.6 cm³/mol. The summed E-state index contributed by atoms with van der Waals surface area (Å²) in [5.74, 6) is 0.895. The van der Waals surface area contributed by atoms with Crippen LogP contribution in [0.4, 0.5) is 5.82 Å². The van der Waals surface area contributed by atoms with Crippen LogP contribution in [0.25, 0.3) is 26.1 Å². The first-order chi connectivity index (χ1) is 12.2. The Morgan fingerprint density at radius 3 is 2.72 bits per heavy atom. The molecule has 0 saturated heterocycles. The number of phenols is 1. The summed E-state index contributed by atoms with van der Waals surface area (Å²) in [5.41, 5.74) is 1.12. The van der Waals surface area contributed by atoms with Crippen molar-refractivity contribution in [3.05, 3.63) is 47.3 Å². The number of fused-ring (bicyclic) bond motifs is 3. The van der Waals surface area contributed by atoms with Crippen LogP contribution in [0.15, 0.2) is 41.7 Å². The highest BCUT2D eigenvalue weighted by molar-refractivity contribution is 7.25. The van der Waals surface area contributed by atoms with E-state index in [1.807, 2.05) is 0 Å². The summed E-state index contributed by atoms with van der Waals surface area (Å²) in [6.45, 7) is 0. The lowest BCUT2D eigenvalue weighted by molar-refractivity contribution is 0.475. The average Bonchev–Trinajstić information content (AvgIpc) is 3.34. The van der Waals surface area contributed by atoms with Gasteiger partial charge in [0.2, 0.25) is 0 Å². The molecule has 7 nitrogen and oxygen atoms in total. The molecule has 1 aliphatic rings. The number of rotatable bonds is 3. The van der Waals surface area contributed by atoms with Gasteiger partial charge in [-0.2, -0.15) is 0 Å². The van der Waals surface area contributed by atoms with Crippen LogP contribution in [0.3, 0.4) is 0 Å². The van der Waals surface area contributed by atoms with E-state index in [1.54, 1.807) is 24.3 Å². The first kappa shape index (κ1) is 14.4. The lowest BCUT2D eigenvalue weighted by atomic mass is 10.3. The lowest BCUT2D eigenvalue weighted by Gasteiger charge is -2.06. The Kier molecular flexibility index (Phi) is 3.01. The van der Waals surface area contributed by atoms with Crippen LogP contribution in [-0.2, 0) is 0 Å². The number of benzene rings is 1. The molecular formula is C17H13N5O2S. The molecule has 0 radical (unpaired) electrons. The van der Waals surface area contributed by atoms with E-state index < -0.39 is 0 Å². The third kappa shape index (κ3) is 2.33.